The highest BCUT2D eigenvalue weighted by Crippen LogP contribution is 2.39. The molecule has 4 aliphatic rings. The third kappa shape index (κ3) is 4.75. The third-order valence-electron chi connectivity index (χ3n) is 8.74. The Balaban J connectivity index is 1.16. The average molecular weight is 520 g/mol. The first-order valence-electron chi connectivity index (χ1n) is 13.7. The van der Waals surface area contributed by atoms with Gasteiger partial charge in [-0.1, -0.05) is 42.1 Å². The molecule has 1 aromatic heterocycles. The summed E-state index contributed by atoms with van der Waals surface area (Å²) >= 11 is 6.35. The van der Waals surface area contributed by atoms with Gasteiger partial charge < -0.3 is 10.0 Å². The number of carbonyl (C=O) groups is 2. The van der Waals surface area contributed by atoms with Crippen LogP contribution < -0.4 is 0 Å². The van der Waals surface area contributed by atoms with Gasteiger partial charge in [-0.2, -0.15) is 0 Å². The number of carbonyl (C=O) groups excluding carboxylic acids is 2. The molecular weight excluding hydrogens is 486 g/mol. The van der Waals surface area contributed by atoms with E-state index < -0.39 is 6.10 Å². The zero-order chi connectivity index (χ0) is 25.5. The molecule has 1 N–H and O–H groups in total. The van der Waals surface area contributed by atoms with Gasteiger partial charge in [-0.25, -0.2) is 0 Å². The lowest BCUT2D eigenvalue weighted by molar-refractivity contribution is -0.141. The number of imide groups is 1. The Bertz CT molecular complexity index is 1220. The minimum Gasteiger partial charge on any atom is -0.390 e. The van der Waals surface area contributed by atoms with Gasteiger partial charge in [0.2, 0.25) is 11.8 Å². The summed E-state index contributed by atoms with van der Waals surface area (Å²) in [6, 6.07) is 10.4. The second-order valence-electron chi connectivity index (χ2n) is 11.0. The number of pyridine rings is 1. The molecule has 6 nitrogen and oxygen atoms in total. The average Bonchev–Trinajstić information content (AvgIpc) is 3.05. The van der Waals surface area contributed by atoms with E-state index in [1.54, 1.807) is 0 Å². The Morgan fingerprint density at radius 2 is 1.65 bits per heavy atom. The Labute approximate surface area is 223 Å². The molecule has 37 heavy (non-hydrogen) atoms. The van der Waals surface area contributed by atoms with Crippen LogP contribution in [-0.4, -0.2) is 64.0 Å². The predicted octanol–water partition coefficient (Wildman–Crippen LogP) is 4.27. The number of fused-ring (bicyclic) bond motifs is 3. The molecule has 2 saturated heterocycles. The van der Waals surface area contributed by atoms with E-state index in [2.05, 4.69) is 23.1 Å². The molecule has 1 aromatic carbocycles. The lowest BCUT2D eigenvalue weighted by Crippen LogP contribution is -2.44. The molecule has 3 heterocycles. The fourth-order valence-corrected chi connectivity index (χ4v) is 7.06. The molecule has 3 atom stereocenters. The lowest BCUT2D eigenvalue weighted by Gasteiger charge is -2.32. The summed E-state index contributed by atoms with van der Waals surface area (Å²) in [5.74, 6) is -0.465. The van der Waals surface area contributed by atoms with E-state index in [4.69, 9.17) is 16.6 Å². The molecule has 194 valence electrons. The number of piperidine rings is 1. The maximum Gasteiger partial charge on any atom is 0.233 e. The molecular formula is C30H34ClN3O3. The molecule has 2 amide bonds. The Morgan fingerprint density at radius 1 is 0.946 bits per heavy atom. The molecule has 2 aliphatic carbocycles. The molecule has 3 unspecified atom stereocenters. The van der Waals surface area contributed by atoms with Crippen LogP contribution in [-0.2, 0) is 22.4 Å². The van der Waals surface area contributed by atoms with Crippen molar-refractivity contribution in [1.82, 2.24) is 14.8 Å². The largest absolute Gasteiger partial charge is 0.390 e. The number of aliphatic hydroxyl groups excluding tert-OH is 1. The summed E-state index contributed by atoms with van der Waals surface area (Å²) < 4.78 is 0. The lowest BCUT2D eigenvalue weighted by atomic mass is 9.81. The normalized spacial score (nSPS) is 25.0. The van der Waals surface area contributed by atoms with Crippen LogP contribution in [0.5, 0.6) is 0 Å². The van der Waals surface area contributed by atoms with Crippen molar-refractivity contribution in [3.05, 3.63) is 69.5 Å². The smallest absolute Gasteiger partial charge is 0.233 e. The summed E-state index contributed by atoms with van der Waals surface area (Å²) in [7, 11) is 0. The van der Waals surface area contributed by atoms with Crippen LogP contribution in [0.1, 0.15) is 60.9 Å². The maximum atomic E-state index is 12.8. The van der Waals surface area contributed by atoms with Gasteiger partial charge in [0.05, 0.1) is 30.2 Å². The van der Waals surface area contributed by atoms with E-state index in [1.165, 1.54) is 32.7 Å². The fourth-order valence-electron chi connectivity index (χ4n) is 6.87. The number of hydrogen-bond acceptors (Lipinski definition) is 5. The van der Waals surface area contributed by atoms with E-state index in [-0.39, 0.29) is 30.2 Å². The van der Waals surface area contributed by atoms with Crippen molar-refractivity contribution < 1.29 is 14.7 Å². The number of benzene rings is 1. The topological polar surface area (TPSA) is 73.7 Å². The molecule has 0 radical (unpaired) electrons. The van der Waals surface area contributed by atoms with E-state index in [0.717, 1.165) is 75.2 Å². The van der Waals surface area contributed by atoms with Gasteiger partial charge >= 0.3 is 0 Å². The van der Waals surface area contributed by atoms with Crippen LogP contribution in [0.2, 0.25) is 5.02 Å². The highest BCUT2D eigenvalue weighted by Gasteiger charge is 2.48. The number of halogens is 1. The maximum absolute atomic E-state index is 12.8. The van der Waals surface area contributed by atoms with Gasteiger partial charge in [0.1, 0.15) is 0 Å². The van der Waals surface area contributed by atoms with Gasteiger partial charge in [0.25, 0.3) is 0 Å². The van der Waals surface area contributed by atoms with Gasteiger partial charge in [0, 0.05) is 36.4 Å². The van der Waals surface area contributed by atoms with Crippen molar-refractivity contribution in [1.29, 1.82) is 0 Å². The highest BCUT2D eigenvalue weighted by atomic mass is 35.5. The van der Waals surface area contributed by atoms with Crippen LogP contribution >= 0.6 is 11.6 Å². The molecule has 7 heteroatoms. The monoisotopic (exact) mass is 519 g/mol. The van der Waals surface area contributed by atoms with Crippen molar-refractivity contribution in [3.63, 3.8) is 0 Å². The standard InChI is InChI=1S/C30H34ClN3O3/c31-22-9-10-24-21(16-22)8-7-20-4-3-13-32-28(20)27(24)19-11-14-33(15-12-19)17-23(35)18-34-29(36)25-5-1-2-6-26(25)30(34)37/h3-4,9-10,13,16,23,25-26,35H,1-2,5-8,11-12,14-15,17-18H2. The predicted molar refractivity (Wildman–Crippen MR) is 143 cm³/mol. The third-order valence-corrected chi connectivity index (χ3v) is 8.97. The molecule has 0 bridgehead atoms. The second kappa shape index (κ2) is 10.3. The first-order valence-corrected chi connectivity index (χ1v) is 14.1. The minimum atomic E-state index is -0.731. The van der Waals surface area contributed by atoms with E-state index in [1.807, 2.05) is 18.3 Å². The quantitative estimate of drug-likeness (QED) is 0.611. The van der Waals surface area contributed by atoms with Crippen LogP contribution in [0.3, 0.4) is 0 Å². The first kappa shape index (κ1) is 24.8. The first-order chi connectivity index (χ1) is 18.0. The summed E-state index contributed by atoms with van der Waals surface area (Å²) in [5.41, 5.74) is 7.50. The summed E-state index contributed by atoms with van der Waals surface area (Å²) in [6.07, 6.45) is 8.46. The Hall–Kier alpha value is -2.54. The number of likely N-dealkylation sites (tertiary alicyclic amines) is 2. The number of rotatable bonds is 4. The molecule has 6 rings (SSSR count). The number of hydrogen-bond donors (Lipinski definition) is 1. The van der Waals surface area contributed by atoms with Gasteiger partial charge in [-0.15, -0.1) is 0 Å². The molecule has 3 fully saturated rings. The number of aromatic nitrogens is 1. The molecule has 2 aliphatic heterocycles. The van der Waals surface area contributed by atoms with Crippen molar-refractivity contribution in [2.45, 2.75) is 57.5 Å². The zero-order valence-electron chi connectivity index (χ0n) is 21.2. The SMILES string of the molecule is O=C1C2CCCCC2C(=O)N1CC(O)CN1CCC(=C2c3ccc(Cl)cc3CCc3cccnc32)CC1. The van der Waals surface area contributed by atoms with Crippen LogP contribution in [0.15, 0.2) is 42.1 Å². The number of β-amino-alcohol motifs (C(OH)–C–C–N with tert-alkyl or cyclic N) is 1. The van der Waals surface area contributed by atoms with Crippen LogP contribution in [0, 0.1) is 11.8 Å². The highest BCUT2D eigenvalue weighted by molar-refractivity contribution is 6.30. The number of amides is 2. The Morgan fingerprint density at radius 3 is 2.38 bits per heavy atom. The summed E-state index contributed by atoms with van der Waals surface area (Å²) in [4.78, 5) is 34.0. The van der Waals surface area contributed by atoms with E-state index in [0.29, 0.717) is 6.54 Å². The van der Waals surface area contributed by atoms with Crippen LogP contribution in [0.4, 0.5) is 0 Å². The van der Waals surface area contributed by atoms with E-state index in [9.17, 15) is 14.7 Å². The Kier molecular flexibility index (Phi) is 6.91. The second-order valence-corrected chi connectivity index (χ2v) is 11.5. The number of aryl methyl sites for hydroxylation is 2. The summed E-state index contributed by atoms with van der Waals surface area (Å²) in [6.45, 7) is 2.23. The van der Waals surface area contributed by atoms with Gasteiger partial charge in [-0.3, -0.25) is 19.5 Å². The molecule has 2 aromatic rings. The zero-order valence-corrected chi connectivity index (χ0v) is 21.9. The van der Waals surface area contributed by atoms with Crippen molar-refractivity contribution in [3.8, 4) is 0 Å². The van der Waals surface area contributed by atoms with Crippen LogP contribution in [0.25, 0.3) is 5.57 Å². The number of aliphatic hydroxyl groups is 1. The van der Waals surface area contributed by atoms with Crippen molar-refractivity contribution in [2.75, 3.05) is 26.2 Å². The van der Waals surface area contributed by atoms with Crippen molar-refractivity contribution in [2.24, 2.45) is 11.8 Å². The van der Waals surface area contributed by atoms with Gasteiger partial charge in [0.15, 0.2) is 0 Å². The van der Waals surface area contributed by atoms with Crippen molar-refractivity contribution >= 4 is 29.0 Å². The van der Waals surface area contributed by atoms with Gasteiger partial charge in [-0.05, 0) is 73.4 Å². The van der Waals surface area contributed by atoms with E-state index >= 15 is 0 Å². The molecule has 0 spiro atoms. The minimum absolute atomic E-state index is 0.0716. The summed E-state index contributed by atoms with van der Waals surface area (Å²) in [5, 5.41) is 11.6. The number of nitrogens with zero attached hydrogens (tertiary/aromatic N) is 3. The fraction of sp³-hybridized carbons (Fsp3) is 0.500. The molecule has 1 saturated carbocycles.